The average molecular weight is 398 g/mol. The molecule has 154 valence electrons. The molecule has 1 aliphatic heterocycles. The van der Waals surface area contributed by atoms with Crippen molar-refractivity contribution in [1.82, 2.24) is 0 Å². The number of hydrogen-bond donors (Lipinski definition) is 1. The minimum Gasteiger partial charge on any atom is -0.494 e. The maximum atomic E-state index is 6.08. The van der Waals surface area contributed by atoms with Crippen LogP contribution in [-0.4, -0.2) is 6.61 Å². The second-order valence-corrected chi connectivity index (χ2v) is 8.70. The predicted octanol–water partition coefficient (Wildman–Crippen LogP) is 7.63. The highest BCUT2D eigenvalue weighted by Crippen LogP contribution is 2.51. The fourth-order valence-corrected chi connectivity index (χ4v) is 5.21. The quantitative estimate of drug-likeness (QED) is 0.327. The lowest BCUT2D eigenvalue weighted by atomic mass is 9.76. The first-order valence-corrected chi connectivity index (χ1v) is 11.5. The average Bonchev–Trinajstić information content (AvgIpc) is 3.28. The van der Waals surface area contributed by atoms with E-state index in [0.29, 0.717) is 17.9 Å². The van der Waals surface area contributed by atoms with E-state index >= 15 is 0 Å². The monoisotopic (exact) mass is 397 g/mol. The van der Waals surface area contributed by atoms with Crippen molar-refractivity contribution in [2.45, 2.75) is 51.0 Å². The summed E-state index contributed by atoms with van der Waals surface area (Å²) >= 11 is 0. The topological polar surface area (TPSA) is 21.3 Å². The van der Waals surface area contributed by atoms with Crippen LogP contribution in [0, 0.1) is 5.92 Å². The summed E-state index contributed by atoms with van der Waals surface area (Å²) in [4.78, 5) is 0. The summed E-state index contributed by atoms with van der Waals surface area (Å²) in [5.74, 6) is 2.01. The highest BCUT2D eigenvalue weighted by molar-refractivity contribution is 5.86. The van der Waals surface area contributed by atoms with Crippen LogP contribution in [-0.2, 0) is 0 Å². The minimum absolute atomic E-state index is 0.324. The van der Waals surface area contributed by atoms with Crippen LogP contribution in [0.4, 0.5) is 5.69 Å². The van der Waals surface area contributed by atoms with Gasteiger partial charge in [0.05, 0.1) is 12.6 Å². The number of fused-ring (bicyclic) bond motifs is 4. The van der Waals surface area contributed by atoms with Gasteiger partial charge in [-0.25, -0.2) is 0 Å². The Kier molecular flexibility index (Phi) is 5.48. The van der Waals surface area contributed by atoms with Crippen molar-refractivity contribution in [3.63, 3.8) is 0 Å². The first-order chi connectivity index (χ1) is 14.8. The van der Waals surface area contributed by atoms with Gasteiger partial charge in [-0.3, -0.25) is 0 Å². The zero-order valence-corrected chi connectivity index (χ0v) is 17.8. The Morgan fingerprint density at radius 1 is 0.933 bits per heavy atom. The summed E-state index contributed by atoms with van der Waals surface area (Å²) in [6.45, 7) is 3.06. The van der Waals surface area contributed by atoms with Crippen LogP contribution in [0.3, 0.4) is 0 Å². The first kappa shape index (κ1) is 19.2. The molecule has 0 radical (unpaired) electrons. The van der Waals surface area contributed by atoms with E-state index in [1.54, 1.807) is 0 Å². The summed E-state index contributed by atoms with van der Waals surface area (Å²) in [6, 6.07) is 22.4. The third-order valence-corrected chi connectivity index (χ3v) is 6.76. The van der Waals surface area contributed by atoms with Gasteiger partial charge in [0.25, 0.3) is 0 Å². The molecule has 5 rings (SSSR count). The van der Waals surface area contributed by atoms with Crippen LogP contribution < -0.4 is 10.1 Å². The number of rotatable bonds is 7. The van der Waals surface area contributed by atoms with Crippen LogP contribution >= 0.6 is 0 Å². The molecule has 0 saturated heterocycles. The molecule has 30 heavy (non-hydrogen) atoms. The van der Waals surface area contributed by atoms with Gasteiger partial charge in [0, 0.05) is 11.6 Å². The third-order valence-electron chi connectivity index (χ3n) is 6.76. The van der Waals surface area contributed by atoms with E-state index in [-0.39, 0.29) is 0 Å². The third kappa shape index (κ3) is 3.60. The Labute approximate surface area is 180 Å². The number of unbranched alkanes of at least 4 members (excludes halogenated alkanes) is 3. The standard InChI is InChI=1S/C28H31NO/c1-2-3-4-7-18-30-21-16-17-27-26(19-21)23-13-9-15-25(23)28(29-27)24-14-8-11-20-10-5-6-12-22(20)24/h5-6,8-14,16-17,19,23,25,28-29H,2-4,7,15,18H2,1H3. The molecular weight excluding hydrogens is 366 g/mol. The lowest BCUT2D eigenvalue weighted by Gasteiger charge is -2.38. The van der Waals surface area contributed by atoms with Gasteiger partial charge in [-0.1, -0.05) is 80.8 Å². The van der Waals surface area contributed by atoms with Crippen molar-refractivity contribution in [3.8, 4) is 5.75 Å². The molecule has 0 spiro atoms. The summed E-state index contributed by atoms with van der Waals surface area (Å²) < 4.78 is 6.08. The van der Waals surface area contributed by atoms with Crippen molar-refractivity contribution in [2.24, 2.45) is 5.92 Å². The van der Waals surface area contributed by atoms with Gasteiger partial charge in [-0.2, -0.15) is 0 Å². The molecule has 0 aromatic heterocycles. The van der Waals surface area contributed by atoms with Gasteiger partial charge in [-0.05, 0) is 58.9 Å². The molecule has 1 heterocycles. The van der Waals surface area contributed by atoms with Crippen LogP contribution in [0.1, 0.15) is 62.1 Å². The van der Waals surface area contributed by atoms with Crippen molar-refractivity contribution < 1.29 is 4.74 Å². The van der Waals surface area contributed by atoms with E-state index in [4.69, 9.17) is 4.74 Å². The second-order valence-electron chi connectivity index (χ2n) is 8.70. The smallest absolute Gasteiger partial charge is 0.119 e. The predicted molar refractivity (Wildman–Crippen MR) is 126 cm³/mol. The number of nitrogens with one attached hydrogen (secondary N) is 1. The van der Waals surface area contributed by atoms with E-state index in [1.165, 1.54) is 46.8 Å². The number of anilines is 1. The molecule has 0 bridgehead atoms. The fraction of sp³-hybridized carbons (Fsp3) is 0.357. The van der Waals surface area contributed by atoms with Crippen molar-refractivity contribution >= 4 is 16.5 Å². The molecule has 3 atom stereocenters. The zero-order chi connectivity index (χ0) is 20.3. The van der Waals surface area contributed by atoms with Gasteiger partial charge >= 0.3 is 0 Å². The minimum atomic E-state index is 0.324. The Morgan fingerprint density at radius 2 is 1.83 bits per heavy atom. The molecule has 2 aliphatic rings. The van der Waals surface area contributed by atoms with E-state index in [1.807, 2.05) is 0 Å². The van der Waals surface area contributed by atoms with Crippen molar-refractivity contribution in [1.29, 1.82) is 0 Å². The number of hydrogen-bond acceptors (Lipinski definition) is 2. The van der Waals surface area contributed by atoms with Crippen LogP contribution in [0.25, 0.3) is 10.8 Å². The molecule has 3 aromatic carbocycles. The van der Waals surface area contributed by atoms with Gasteiger partial charge in [0.2, 0.25) is 0 Å². The number of ether oxygens (including phenoxy) is 1. The van der Waals surface area contributed by atoms with Gasteiger partial charge in [0.15, 0.2) is 0 Å². The highest BCUT2D eigenvalue weighted by Gasteiger charge is 2.38. The van der Waals surface area contributed by atoms with E-state index in [2.05, 4.69) is 85.1 Å². The number of benzene rings is 3. The molecule has 0 fully saturated rings. The Bertz CT molecular complexity index is 1050. The van der Waals surface area contributed by atoms with Crippen LogP contribution in [0.2, 0.25) is 0 Å². The van der Waals surface area contributed by atoms with Crippen molar-refractivity contribution in [2.75, 3.05) is 11.9 Å². The second kappa shape index (κ2) is 8.55. The van der Waals surface area contributed by atoms with E-state index in [9.17, 15) is 0 Å². The maximum Gasteiger partial charge on any atom is 0.119 e. The SMILES string of the molecule is CCCCCCOc1ccc2c(c1)C1C=CCC1C(c1cccc3ccccc13)N2. The zero-order valence-electron chi connectivity index (χ0n) is 17.8. The van der Waals surface area contributed by atoms with Crippen LogP contribution in [0.15, 0.2) is 72.8 Å². The first-order valence-electron chi connectivity index (χ1n) is 11.5. The summed E-state index contributed by atoms with van der Waals surface area (Å²) in [7, 11) is 0. The maximum absolute atomic E-state index is 6.08. The van der Waals surface area contributed by atoms with Gasteiger partial charge in [0.1, 0.15) is 5.75 Å². The molecule has 1 N–H and O–H groups in total. The summed E-state index contributed by atoms with van der Waals surface area (Å²) in [5, 5.41) is 6.57. The molecule has 0 saturated carbocycles. The van der Waals surface area contributed by atoms with E-state index in [0.717, 1.165) is 25.2 Å². The molecule has 3 aromatic rings. The molecule has 2 heteroatoms. The van der Waals surface area contributed by atoms with Gasteiger partial charge < -0.3 is 10.1 Å². The lowest BCUT2D eigenvalue weighted by Crippen LogP contribution is -2.29. The molecule has 2 nitrogen and oxygen atoms in total. The van der Waals surface area contributed by atoms with E-state index < -0.39 is 0 Å². The Morgan fingerprint density at radius 3 is 2.77 bits per heavy atom. The number of allylic oxidation sites excluding steroid dienone is 2. The Balaban J connectivity index is 1.42. The van der Waals surface area contributed by atoms with Gasteiger partial charge in [-0.15, -0.1) is 0 Å². The largest absolute Gasteiger partial charge is 0.494 e. The highest BCUT2D eigenvalue weighted by atomic mass is 16.5. The summed E-state index contributed by atoms with van der Waals surface area (Å²) in [5.41, 5.74) is 4.05. The van der Waals surface area contributed by atoms with Crippen molar-refractivity contribution in [3.05, 3.63) is 83.9 Å². The lowest BCUT2D eigenvalue weighted by molar-refractivity contribution is 0.304. The fourth-order valence-electron chi connectivity index (χ4n) is 5.21. The summed E-state index contributed by atoms with van der Waals surface area (Å²) in [6.07, 6.45) is 10.8. The normalized spacial score (nSPS) is 21.8. The molecule has 1 aliphatic carbocycles. The Hall–Kier alpha value is -2.74. The molecular formula is C28H31NO. The molecule has 3 unspecified atom stereocenters. The molecule has 0 amide bonds. The van der Waals surface area contributed by atoms with Crippen LogP contribution in [0.5, 0.6) is 5.75 Å².